The smallest absolute Gasteiger partial charge is 0.152 e. The highest BCUT2D eigenvalue weighted by Crippen LogP contribution is 2.27. The van der Waals surface area contributed by atoms with Crippen LogP contribution in [0.3, 0.4) is 0 Å². The quantitative estimate of drug-likeness (QED) is 0.795. The first kappa shape index (κ1) is 13.8. The van der Waals surface area contributed by atoms with E-state index in [9.17, 15) is 4.39 Å². The SMILES string of the molecule is Cc1cc2c(NC(C)c3ccc(F)cc3Cl)nccn2n1. The molecule has 1 atom stereocenters. The van der Waals surface area contributed by atoms with Crippen LogP contribution in [0.4, 0.5) is 10.2 Å². The van der Waals surface area contributed by atoms with Crippen molar-refractivity contribution in [3.05, 3.63) is 58.8 Å². The first-order chi connectivity index (χ1) is 10.0. The van der Waals surface area contributed by atoms with Gasteiger partial charge in [0.25, 0.3) is 0 Å². The maximum Gasteiger partial charge on any atom is 0.152 e. The van der Waals surface area contributed by atoms with Gasteiger partial charge in [-0.05, 0) is 37.6 Å². The molecule has 21 heavy (non-hydrogen) atoms. The number of fused-ring (bicyclic) bond motifs is 1. The maximum absolute atomic E-state index is 13.1. The standard InChI is InChI=1S/C15H14ClFN4/c1-9-7-14-15(18-5-6-21(14)20-9)19-10(2)12-4-3-11(17)8-13(12)16/h3-8,10H,1-2H3,(H,18,19). The van der Waals surface area contributed by atoms with Crippen molar-refractivity contribution in [1.82, 2.24) is 14.6 Å². The molecule has 0 aliphatic rings. The maximum atomic E-state index is 13.1. The third kappa shape index (κ3) is 2.69. The van der Waals surface area contributed by atoms with Crippen molar-refractivity contribution in [2.24, 2.45) is 0 Å². The second kappa shape index (κ2) is 5.33. The van der Waals surface area contributed by atoms with E-state index in [0.29, 0.717) is 10.8 Å². The van der Waals surface area contributed by atoms with Gasteiger partial charge < -0.3 is 5.32 Å². The van der Waals surface area contributed by atoms with Gasteiger partial charge in [-0.2, -0.15) is 5.10 Å². The summed E-state index contributed by atoms with van der Waals surface area (Å²) in [4.78, 5) is 4.34. The first-order valence-corrected chi connectivity index (χ1v) is 6.95. The first-order valence-electron chi connectivity index (χ1n) is 6.57. The van der Waals surface area contributed by atoms with Crippen LogP contribution < -0.4 is 5.32 Å². The topological polar surface area (TPSA) is 42.2 Å². The Kier molecular flexibility index (Phi) is 3.51. The summed E-state index contributed by atoms with van der Waals surface area (Å²) in [5.74, 6) is 0.369. The predicted octanol–water partition coefficient (Wildman–Crippen LogP) is 4.00. The van der Waals surface area contributed by atoms with Gasteiger partial charge in [0.05, 0.1) is 11.7 Å². The minimum Gasteiger partial charge on any atom is -0.362 e. The Morgan fingerprint density at radius 2 is 2.14 bits per heavy atom. The fourth-order valence-corrected chi connectivity index (χ4v) is 2.62. The van der Waals surface area contributed by atoms with E-state index in [2.05, 4.69) is 15.4 Å². The zero-order valence-electron chi connectivity index (χ0n) is 11.6. The predicted molar refractivity (Wildman–Crippen MR) is 81.2 cm³/mol. The highest BCUT2D eigenvalue weighted by molar-refractivity contribution is 6.31. The molecule has 3 aromatic rings. The zero-order chi connectivity index (χ0) is 15.0. The number of anilines is 1. The third-order valence-electron chi connectivity index (χ3n) is 3.29. The highest BCUT2D eigenvalue weighted by atomic mass is 35.5. The minimum atomic E-state index is -0.345. The minimum absolute atomic E-state index is 0.105. The van der Waals surface area contributed by atoms with E-state index in [-0.39, 0.29) is 11.9 Å². The molecule has 0 bridgehead atoms. The number of halogens is 2. The molecule has 0 fully saturated rings. The number of aryl methyl sites for hydroxylation is 1. The number of aromatic nitrogens is 3. The summed E-state index contributed by atoms with van der Waals surface area (Å²) in [6.45, 7) is 3.88. The number of nitrogens with zero attached hydrogens (tertiary/aromatic N) is 3. The molecule has 0 spiro atoms. The normalized spacial score (nSPS) is 12.6. The van der Waals surface area contributed by atoms with Gasteiger partial charge in [-0.25, -0.2) is 13.9 Å². The summed E-state index contributed by atoms with van der Waals surface area (Å²) < 4.78 is 14.9. The monoisotopic (exact) mass is 304 g/mol. The second-order valence-electron chi connectivity index (χ2n) is 4.92. The molecule has 1 aromatic carbocycles. The van der Waals surface area contributed by atoms with Crippen molar-refractivity contribution in [1.29, 1.82) is 0 Å². The molecule has 3 rings (SSSR count). The van der Waals surface area contributed by atoms with E-state index in [4.69, 9.17) is 11.6 Å². The van der Waals surface area contributed by atoms with Gasteiger partial charge in [-0.15, -0.1) is 0 Å². The Morgan fingerprint density at radius 1 is 1.33 bits per heavy atom. The number of benzene rings is 1. The number of nitrogens with one attached hydrogen (secondary N) is 1. The number of hydrogen-bond donors (Lipinski definition) is 1. The summed E-state index contributed by atoms with van der Waals surface area (Å²) in [5, 5.41) is 8.03. The Balaban J connectivity index is 1.94. The van der Waals surface area contributed by atoms with Crippen molar-refractivity contribution < 1.29 is 4.39 Å². The van der Waals surface area contributed by atoms with E-state index in [1.807, 2.05) is 19.9 Å². The van der Waals surface area contributed by atoms with E-state index >= 15 is 0 Å². The summed E-state index contributed by atoms with van der Waals surface area (Å²) in [6.07, 6.45) is 3.48. The van der Waals surface area contributed by atoms with Crippen LogP contribution >= 0.6 is 11.6 Å². The average Bonchev–Trinajstić information content (AvgIpc) is 2.80. The fraction of sp³-hybridized carbons (Fsp3) is 0.200. The van der Waals surface area contributed by atoms with Crippen molar-refractivity contribution >= 4 is 22.9 Å². The number of hydrogen-bond acceptors (Lipinski definition) is 3. The number of rotatable bonds is 3. The van der Waals surface area contributed by atoms with Crippen LogP contribution in [0.2, 0.25) is 5.02 Å². The Hall–Kier alpha value is -2.14. The summed E-state index contributed by atoms with van der Waals surface area (Å²) in [6, 6.07) is 6.24. The molecule has 0 saturated carbocycles. The van der Waals surface area contributed by atoms with E-state index in [1.165, 1.54) is 12.1 Å². The Labute approximate surface area is 126 Å². The van der Waals surface area contributed by atoms with Crippen LogP contribution in [0.25, 0.3) is 5.52 Å². The van der Waals surface area contributed by atoms with E-state index < -0.39 is 0 Å². The van der Waals surface area contributed by atoms with Gasteiger partial charge in [-0.1, -0.05) is 17.7 Å². The van der Waals surface area contributed by atoms with Gasteiger partial charge in [0.15, 0.2) is 5.82 Å². The van der Waals surface area contributed by atoms with Gasteiger partial charge in [0, 0.05) is 17.4 Å². The molecule has 2 heterocycles. The molecule has 0 aliphatic carbocycles. The van der Waals surface area contributed by atoms with Crippen LogP contribution in [-0.4, -0.2) is 14.6 Å². The lowest BCUT2D eigenvalue weighted by molar-refractivity contribution is 0.626. The summed E-state index contributed by atoms with van der Waals surface area (Å²) in [5.41, 5.74) is 2.62. The van der Waals surface area contributed by atoms with Gasteiger partial charge in [0.1, 0.15) is 11.3 Å². The molecule has 0 aliphatic heterocycles. The molecule has 4 nitrogen and oxygen atoms in total. The lowest BCUT2D eigenvalue weighted by Gasteiger charge is -2.16. The van der Waals surface area contributed by atoms with Crippen molar-refractivity contribution in [3.8, 4) is 0 Å². The second-order valence-corrected chi connectivity index (χ2v) is 5.33. The zero-order valence-corrected chi connectivity index (χ0v) is 12.4. The third-order valence-corrected chi connectivity index (χ3v) is 3.62. The van der Waals surface area contributed by atoms with Crippen LogP contribution in [0, 0.1) is 12.7 Å². The van der Waals surface area contributed by atoms with E-state index in [0.717, 1.165) is 16.8 Å². The van der Waals surface area contributed by atoms with Crippen molar-refractivity contribution in [3.63, 3.8) is 0 Å². The highest BCUT2D eigenvalue weighted by Gasteiger charge is 2.13. The van der Waals surface area contributed by atoms with E-state index in [1.54, 1.807) is 23.0 Å². The fourth-order valence-electron chi connectivity index (χ4n) is 2.29. The van der Waals surface area contributed by atoms with Gasteiger partial charge in [0.2, 0.25) is 0 Å². The van der Waals surface area contributed by atoms with Gasteiger partial charge >= 0.3 is 0 Å². The van der Waals surface area contributed by atoms with Gasteiger partial charge in [-0.3, -0.25) is 0 Å². The molecule has 108 valence electrons. The summed E-state index contributed by atoms with van der Waals surface area (Å²) in [7, 11) is 0. The lowest BCUT2D eigenvalue weighted by atomic mass is 10.1. The Morgan fingerprint density at radius 3 is 2.90 bits per heavy atom. The van der Waals surface area contributed by atoms with Crippen molar-refractivity contribution in [2.45, 2.75) is 19.9 Å². The molecular weight excluding hydrogens is 291 g/mol. The molecule has 6 heteroatoms. The molecule has 0 radical (unpaired) electrons. The Bertz CT molecular complexity index is 799. The van der Waals surface area contributed by atoms with Crippen LogP contribution in [0.15, 0.2) is 36.7 Å². The van der Waals surface area contributed by atoms with Crippen LogP contribution in [0.1, 0.15) is 24.2 Å². The van der Waals surface area contributed by atoms with Crippen LogP contribution in [-0.2, 0) is 0 Å². The molecule has 1 unspecified atom stereocenters. The molecule has 2 aromatic heterocycles. The molecular formula is C15H14ClFN4. The average molecular weight is 305 g/mol. The lowest BCUT2D eigenvalue weighted by Crippen LogP contribution is -2.09. The molecule has 0 saturated heterocycles. The van der Waals surface area contributed by atoms with Crippen LogP contribution in [0.5, 0.6) is 0 Å². The molecule has 1 N–H and O–H groups in total. The summed E-state index contributed by atoms with van der Waals surface area (Å²) >= 11 is 6.09. The molecule has 0 amide bonds. The van der Waals surface area contributed by atoms with Crippen molar-refractivity contribution in [2.75, 3.05) is 5.32 Å². The largest absolute Gasteiger partial charge is 0.362 e.